The van der Waals surface area contributed by atoms with Crippen LogP contribution in [0, 0.1) is 0 Å². The second-order valence-corrected chi connectivity index (χ2v) is 4.76. The third-order valence-corrected chi connectivity index (χ3v) is 2.76. The van der Waals surface area contributed by atoms with Gasteiger partial charge in [0.25, 0.3) is 5.88 Å². The van der Waals surface area contributed by atoms with Gasteiger partial charge in [-0.1, -0.05) is 0 Å². The molecule has 0 spiro atoms. The number of nitrogen functional groups attached to an aromatic ring is 1. The van der Waals surface area contributed by atoms with Gasteiger partial charge in [-0.2, -0.15) is 4.98 Å². The summed E-state index contributed by atoms with van der Waals surface area (Å²) in [5.41, 5.74) is 4.83. The Hall–Kier alpha value is -2.48. The van der Waals surface area contributed by atoms with Gasteiger partial charge in [-0.25, -0.2) is 9.36 Å². The molecule has 3 rings (SSSR count). The molecule has 0 aromatic carbocycles. The minimum atomic E-state index is -0.898. The first-order valence-electron chi connectivity index (χ1n) is 5.91. The van der Waals surface area contributed by atoms with Crippen LogP contribution < -0.4 is 20.9 Å². The molecule has 3 N–H and O–H groups in total. The molecule has 0 bridgehead atoms. The van der Waals surface area contributed by atoms with E-state index >= 15 is 0 Å². The largest absolute Gasteiger partial charge is 0.445 e. The van der Waals surface area contributed by atoms with E-state index in [-0.39, 0.29) is 35.6 Å². The molecular formula is C12H13N3O5. The highest BCUT2D eigenvalue weighted by molar-refractivity contribution is 5.55. The number of aromatic nitrogens is 2. The Balaban J connectivity index is 2.19. The first kappa shape index (κ1) is 12.5. The Morgan fingerprint density at radius 1 is 1.40 bits per heavy atom. The summed E-state index contributed by atoms with van der Waals surface area (Å²) in [4.78, 5) is 15.5. The summed E-state index contributed by atoms with van der Waals surface area (Å²) in [6.45, 7) is 3.04. The molecule has 2 aromatic heterocycles. The highest BCUT2D eigenvalue weighted by Gasteiger charge is 2.40. The maximum absolute atomic E-state index is 11.9. The van der Waals surface area contributed by atoms with Crippen LogP contribution in [0.15, 0.2) is 21.5 Å². The molecule has 1 aliphatic heterocycles. The summed E-state index contributed by atoms with van der Waals surface area (Å²) < 4.78 is 17.7. The number of aliphatic hydroxyl groups is 1. The molecular weight excluding hydrogens is 266 g/mol. The van der Waals surface area contributed by atoms with E-state index in [1.54, 1.807) is 13.8 Å². The zero-order valence-electron chi connectivity index (χ0n) is 10.9. The molecule has 0 saturated heterocycles. The maximum atomic E-state index is 11.9. The standard InChI is InChI=1S/C12H13N3O5/c1-12(2)19-8-6(5-16)18-10(9(8)20-12)15-4-3-7(13)14-11(15)17/h3-4,16H,5H2,1-2H3,(H2,13,14,17). The lowest BCUT2D eigenvalue weighted by Gasteiger charge is -2.17. The molecule has 0 amide bonds. The summed E-state index contributed by atoms with van der Waals surface area (Å²) >= 11 is 0. The van der Waals surface area contributed by atoms with Gasteiger partial charge in [0.1, 0.15) is 12.4 Å². The van der Waals surface area contributed by atoms with Crippen LogP contribution in [0.25, 0.3) is 5.88 Å². The van der Waals surface area contributed by atoms with E-state index in [2.05, 4.69) is 4.98 Å². The molecule has 8 heteroatoms. The number of anilines is 1. The predicted octanol–water partition coefficient (Wildman–Crippen LogP) is 0.407. The number of aliphatic hydroxyl groups excluding tert-OH is 1. The Morgan fingerprint density at radius 2 is 2.10 bits per heavy atom. The van der Waals surface area contributed by atoms with Gasteiger partial charge in [0.2, 0.25) is 17.3 Å². The molecule has 2 aromatic rings. The van der Waals surface area contributed by atoms with Gasteiger partial charge < -0.3 is 24.7 Å². The molecule has 3 heterocycles. The van der Waals surface area contributed by atoms with Crippen LogP contribution in [0.3, 0.4) is 0 Å². The fourth-order valence-corrected chi connectivity index (χ4v) is 1.97. The zero-order chi connectivity index (χ0) is 14.5. The second-order valence-electron chi connectivity index (χ2n) is 4.76. The van der Waals surface area contributed by atoms with Gasteiger partial charge in [-0.3, -0.25) is 0 Å². The number of hydrogen-bond donors (Lipinski definition) is 2. The van der Waals surface area contributed by atoms with Crippen molar-refractivity contribution >= 4 is 5.82 Å². The first-order chi connectivity index (χ1) is 9.41. The highest BCUT2D eigenvalue weighted by atomic mass is 16.7. The van der Waals surface area contributed by atoms with Crippen molar-refractivity contribution in [3.8, 4) is 17.4 Å². The number of ether oxygens (including phenoxy) is 2. The SMILES string of the molecule is CC1(C)Oc2c(CO)oc(-n3ccc(N)nc3=O)c2O1. The summed E-state index contributed by atoms with van der Waals surface area (Å²) in [7, 11) is 0. The molecule has 1 aliphatic rings. The summed E-state index contributed by atoms with van der Waals surface area (Å²) in [5, 5.41) is 9.29. The van der Waals surface area contributed by atoms with Gasteiger partial charge in [0.05, 0.1) is 0 Å². The van der Waals surface area contributed by atoms with Crippen molar-refractivity contribution in [1.82, 2.24) is 9.55 Å². The van der Waals surface area contributed by atoms with Gasteiger partial charge in [-0.05, 0) is 6.07 Å². The van der Waals surface area contributed by atoms with Crippen molar-refractivity contribution in [3.63, 3.8) is 0 Å². The molecule has 0 fully saturated rings. The lowest BCUT2D eigenvalue weighted by molar-refractivity contribution is -0.0474. The number of hydrogen-bond acceptors (Lipinski definition) is 7. The first-order valence-corrected chi connectivity index (χ1v) is 5.91. The Bertz CT molecular complexity index is 731. The monoisotopic (exact) mass is 279 g/mol. The molecule has 20 heavy (non-hydrogen) atoms. The summed E-state index contributed by atoms with van der Waals surface area (Å²) in [5.74, 6) is 0.0417. The maximum Gasteiger partial charge on any atom is 0.356 e. The van der Waals surface area contributed by atoms with Crippen molar-refractivity contribution in [1.29, 1.82) is 0 Å². The van der Waals surface area contributed by atoms with Crippen LogP contribution >= 0.6 is 0 Å². The molecule has 0 atom stereocenters. The fourth-order valence-electron chi connectivity index (χ4n) is 1.97. The van der Waals surface area contributed by atoms with Crippen molar-refractivity contribution in [2.45, 2.75) is 26.2 Å². The van der Waals surface area contributed by atoms with Gasteiger partial charge in [0, 0.05) is 20.0 Å². The van der Waals surface area contributed by atoms with Crippen molar-refractivity contribution in [2.75, 3.05) is 5.73 Å². The van der Waals surface area contributed by atoms with E-state index in [1.165, 1.54) is 12.3 Å². The van der Waals surface area contributed by atoms with Crippen LogP contribution in [0.1, 0.15) is 19.6 Å². The van der Waals surface area contributed by atoms with E-state index < -0.39 is 11.5 Å². The van der Waals surface area contributed by atoms with E-state index in [4.69, 9.17) is 19.6 Å². The second kappa shape index (κ2) is 4.01. The molecule has 0 radical (unpaired) electrons. The Labute approximate surface area is 113 Å². The Kier molecular flexibility index (Phi) is 2.51. The number of fused-ring (bicyclic) bond motifs is 1. The Morgan fingerprint density at radius 3 is 2.75 bits per heavy atom. The minimum Gasteiger partial charge on any atom is -0.445 e. The van der Waals surface area contributed by atoms with E-state index in [0.29, 0.717) is 0 Å². The number of furan rings is 1. The van der Waals surface area contributed by atoms with Gasteiger partial charge in [-0.15, -0.1) is 0 Å². The van der Waals surface area contributed by atoms with Crippen molar-refractivity contribution in [3.05, 3.63) is 28.5 Å². The number of nitrogens with two attached hydrogens (primary N) is 1. The molecule has 0 unspecified atom stereocenters. The normalized spacial score (nSPS) is 15.6. The lowest BCUT2D eigenvalue weighted by Crippen LogP contribution is -2.30. The van der Waals surface area contributed by atoms with Crippen molar-refractivity contribution < 1.29 is 19.0 Å². The van der Waals surface area contributed by atoms with Crippen LogP contribution in [-0.4, -0.2) is 20.4 Å². The van der Waals surface area contributed by atoms with Crippen LogP contribution in [0.2, 0.25) is 0 Å². The highest BCUT2D eigenvalue weighted by Crippen LogP contribution is 2.47. The number of nitrogens with zero attached hydrogens (tertiary/aromatic N) is 2. The fraction of sp³-hybridized carbons (Fsp3) is 0.333. The van der Waals surface area contributed by atoms with E-state index in [9.17, 15) is 9.90 Å². The topological polar surface area (TPSA) is 113 Å². The molecule has 0 saturated carbocycles. The molecule has 106 valence electrons. The average Bonchev–Trinajstić information content (AvgIpc) is 2.83. The van der Waals surface area contributed by atoms with Crippen LogP contribution in [0.5, 0.6) is 11.5 Å². The predicted molar refractivity (Wildman–Crippen MR) is 67.8 cm³/mol. The van der Waals surface area contributed by atoms with E-state index in [0.717, 1.165) is 4.57 Å². The summed E-state index contributed by atoms with van der Waals surface area (Å²) in [6, 6.07) is 1.45. The molecule has 8 nitrogen and oxygen atoms in total. The van der Waals surface area contributed by atoms with Crippen molar-refractivity contribution in [2.24, 2.45) is 0 Å². The molecule has 0 aliphatic carbocycles. The zero-order valence-corrected chi connectivity index (χ0v) is 10.9. The third-order valence-electron chi connectivity index (χ3n) is 2.76. The quantitative estimate of drug-likeness (QED) is 0.818. The smallest absolute Gasteiger partial charge is 0.356 e. The minimum absolute atomic E-state index is 0.104. The summed E-state index contributed by atoms with van der Waals surface area (Å²) in [6.07, 6.45) is 1.42. The number of rotatable bonds is 2. The van der Waals surface area contributed by atoms with Gasteiger partial charge >= 0.3 is 5.69 Å². The van der Waals surface area contributed by atoms with Gasteiger partial charge in [0.15, 0.2) is 5.76 Å². The lowest BCUT2D eigenvalue weighted by atomic mass is 10.4. The third kappa shape index (κ3) is 1.81. The van der Waals surface area contributed by atoms with Crippen LogP contribution in [0.4, 0.5) is 5.82 Å². The van der Waals surface area contributed by atoms with E-state index in [1.807, 2.05) is 0 Å². The average molecular weight is 279 g/mol. The van der Waals surface area contributed by atoms with Crippen LogP contribution in [-0.2, 0) is 6.61 Å².